The third-order valence-electron chi connectivity index (χ3n) is 4.77. The highest BCUT2D eigenvalue weighted by atomic mass is 16.6. The predicted octanol–water partition coefficient (Wildman–Crippen LogP) is 2.79. The fourth-order valence-electron chi connectivity index (χ4n) is 3.16. The first-order chi connectivity index (χ1) is 14.0. The van der Waals surface area contributed by atoms with E-state index in [-0.39, 0.29) is 5.69 Å². The first-order valence-corrected chi connectivity index (χ1v) is 9.38. The molecule has 1 aromatic heterocycles. The van der Waals surface area contributed by atoms with Crippen molar-refractivity contribution in [1.29, 1.82) is 0 Å². The topological polar surface area (TPSA) is 83.5 Å². The van der Waals surface area contributed by atoms with Crippen LogP contribution in [0.1, 0.15) is 36.1 Å². The summed E-state index contributed by atoms with van der Waals surface area (Å²) in [5.74, 6) is 0.766. The third kappa shape index (κ3) is 4.21. The van der Waals surface area contributed by atoms with E-state index >= 15 is 0 Å². The molecule has 0 aliphatic heterocycles. The van der Waals surface area contributed by atoms with Gasteiger partial charge in [-0.25, -0.2) is 4.79 Å². The number of aromatic nitrogens is 4. The van der Waals surface area contributed by atoms with E-state index in [0.29, 0.717) is 12.3 Å². The summed E-state index contributed by atoms with van der Waals surface area (Å²) in [5, 5.41) is 11.8. The molecule has 2 aromatic carbocycles. The molecule has 3 rings (SSSR count). The zero-order chi connectivity index (χ0) is 21.0. The lowest BCUT2D eigenvalue weighted by atomic mass is 10.0. The number of tetrazole rings is 1. The second kappa shape index (κ2) is 8.72. The maximum atomic E-state index is 12.3. The monoisotopic (exact) mass is 395 g/mol. The van der Waals surface area contributed by atoms with Crippen molar-refractivity contribution in [3.8, 4) is 11.4 Å². The Morgan fingerprint density at radius 3 is 2.62 bits per heavy atom. The second-order valence-electron chi connectivity index (χ2n) is 6.69. The van der Waals surface area contributed by atoms with Crippen molar-refractivity contribution in [2.75, 3.05) is 7.11 Å². The van der Waals surface area contributed by atoms with E-state index in [9.17, 15) is 4.79 Å². The van der Waals surface area contributed by atoms with Crippen molar-refractivity contribution in [2.24, 2.45) is 12.2 Å². The molecule has 0 saturated carbocycles. The summed E-state index contributed by atoms with van der Waals surface area (Å²) in [6.45, 7) is 6.26. The van der Waals surface area contributed by atoms with Crippen LogP contribution in [-0.4, -0.2) is 32.6 Å². The normalized spacial score (nSPS) is 11.6. The van der Waals surface area contributed by atoms with Crippen molar-refractivity contribution >= 4 is 5.71 Å². The standard InChI is InChI=1S/C21H25N5O3/c1-6-16-8-7-9-19(26-21(27)25(4)23-24-26)18(16)13-29-20-11-10-17(12-14(20)2)15(3)22-28-5/h7-12H,6,13H2,1-5H3/b22-15+. The Kier molecular flexibility index (Phi) is 6.11. The molecule has 0 aliphatic rings. The van der Waals surface area contributed by atoms with Crippen molar-refractivity contribution in [3.63, 3.8) is 0 Å². The van der Waals surface area contributed by atoms with Crippen molar-refractivity contribution in [3.05, 3.63) is 69.1 Å². The van der Waals surface area contributed by atoms with E-state index in [1.54, 1.807) is 7.05 Å². The van der Waals surface area contributed by atoms with Crippen LogP contribution >= 0.6 is 0 Å². The summed E-state index contributed by atoms with van der Waals surface area (Å²) in [6, 6.07) is 11.7. The van der Waals surface area contributed by atoms with Crippen LogP contribution in [0.5, 0.6) is 5.75 Å². The fourth-order valence-corrected chi connectivity index (χ4v) is 3.16. The first-order valence-electron chi connectivity index (χ1n) is 9.38. The molecule has 0 fully saturated rings. The first kappa shape index (κ1) is 20.3. The fraction of sp³-hybridized carbons (Fsp3) is 0.333. The highest BCUT2D eigenvalue weighted by Gasteiger charge is 2.15. The molecule has 0 amide bonds. The van der Waals surface area contributed by atoms with Gasteiger partial charge in [0, 0.05) is 12.6 Å². The van der Waals surface area contributed by atoms with Crippen molar-refractivity contribution < 1.29 is 9.57 Å². The third-order valence-corrected chi connectivity index (χ3v) is 4.77. The van der Waals surface area contributed by atoms with Crippen LogP contribution in [0.2, 0.25) is 0 Å². The molecular formula is C21H25N5O3. The molecule has 3 aromatic rings. The van der Waals surface area contributed by atoms with Crippen LogP contribution in [0, 0.1) is 6.92 Å². The lowest BCUT2D eigenvalue weighted by Crippen LogP contribution is -2.23. The zero-order valence-corrected chi connectivity index (χ0v) is 17.3. The number of hydrogen-bond donors (Lipinski definition) is 0. The van der Waals surface area contributed by atoms with Crippen LogP contribution in [0.25, 0.3) is 5.69 Å². The average Bonchev–Trinajstić information content (AvgIpc) is 3.05. The summed E-state index contributed by atoms with van der Waals surface area (Å²) in [5.41, 5.74) is 5.14. The number of ether oxygens (including phenoxy) is 1. The van der Waals surface area contributed by atoms with Crippen LogP contribution in [0.15, 0.2) is 46.3 Å². The predicted molar refractivity (Wildman–Crippen MR) is 111 cm³/mol. The van der Waals surface area contributed by atoms with E-state index < -0.39 is 0 Å². The Morgan fingerprint density at radius 1 is 1.21 bits per heavy atom. The molecule has 0 unspecified atom stereocenters. The Bertz CT molecular complexity index is 1100. The maximum Gasteiger partial charge on any atom is 0.368 e. The number of nitrogens with zero attached hydrogens (tertiary/aromatic N) is 5. The molecule has 8 heteroatoms. The largest absolute Gasteiger partial charge is 0.489 e. The summed E-state index contributed by atoms with van der Waals surface area (Å²) >= 11 is 0. The molecule has 0 bridgehead atoms. The van der Waals surface area contributed by atoms with E-state index in [4.69, 9.17) is 9.57 Å². The highest BCUT2D eigenvalue weighted by molar-refractivity contribution is 5.98. The minimum Gasteiger partial charge on any atom is -0.489 e. The molecule has 0 N–H and O–H groups in total. The van der Waals surface area contributed by atoms with E-state index in [1.165, 1.54) is 16.5 Å². The maximum absolute atomic E-state index is 12.3. The second-order valence-corrected chi connectivity index (χ2v) is 6.69. The smallest absolute Gasteiger partial charge is 0.368 e. The Hall–Kier alpha value is -3.42. The summed E-state index contributed by atoms with van der Waals surface area (Å²) in [6.07, 6.45) is 0.812. The number of aryl methyl sites for hydroxylation is 3. The lowest BCUT2D eigenvalue weighted by molar-refractivity contribution is 0.213. The van der Waals surface area contributed by atoms with Gasteiger partial charge in [-0.2, -0.15) is 9.36 Å². The van der Waals surface area contributed by atoms with Gasteiger partial charge < -0.3 is 9.57 Å². The Labute approximate surface area is 169 Å². The molecule has 0 radical (unpaired) electrons. The minimum atomic E-state index is -0.298. The van der Waals surface area contributed by atoms with Gasteiger partial charge in [-0.3, -0.25) is 0 Å². The highest BCUT2D eigenvalue weighted by Crippen LogP contribution is 2.24. The molecule has 8 nitrogen and oxygen atoms in total. The summed E-state index contributed by atoms with van der Waals surface area (Å²) in [4.78, 5) is 17.2. The molecule has 0 aliphatic carbocycles. The van der Waals surface area contributed by atoms with Gasteiger partial charge >= 0.3 is 5.69 Å². The van der Waals surface area contributed by atoms with Gasteiger partial charge in [0.25, 0.3) is 0 Å². The Morgan fingerprint density at radius 2 is 2.00 bits per heavy atom. The zero-order valence-electron chi connectivity index (χ0n) is 17.3. The van der Waals surface area contributed by atoms with Gasteiger partial charge in [0.2, 0.25) is 0 Å². The van der Waals surface area contributed by atoms with Gasteiger partial charge in [-0.1, -0.05) is 24.2 Å². The van der Waals surface area contributed by atoms with Gasteiger partial charge in [0.1, 0.15) is 19.5 Å². The number of oxime groups is 1. The lowest BCUT2D eigenvalue weighted by Gasteiger charge is -2.15. The van der Waals surface area contributed by atoms with Gasteiger partial charge in [0.15, 0.2) is 0 Å². The molecule has 0 atom stereocenters. The van der Waals surface area contributed by atoms with Gasteiger partial charge in [0.05, 0.1) is 11.4 Å². The van der Waals surface area contributed by atoms with Crippen LogP contribution < -0.4 is 10.4 Å². The van der Waals surface area contributed by atoms with Crippen LogP contribution in [0.4, 0.5) is 0 Å². The number of hydrogen-bond acceptors (Lipinski definition) is 6. The minimum absolute atomic E-state index is 0.298. The SMILES string of the molecule is CCc1cccc(-n2nnn(C)c2=O)c1COc1ccc(/C(C)=N/OC)cc1C. The summed E-state index contributed by atoms with van der Waals surface area (Å²) < 4.78 is 8.64. The quantitative estimate of drug-likeness (QED) is 0.454. The van der Waals surface area contributed by atoms with E-state index in [2.05, 4.69) is 22.5 Å². The van der Waals surface area contributed by atoms with E-state index in [0.717, 1.165) is 40.1 Å². The molecule has 0 saturated heterocycles. The van der Waals surface area contributed by atoms with Crippen LogP contribution in [0.3, 0.4) is 0 Å². The summed E-state index contributed by atoms with van der Waals surface area (Å²) in [7, 11) is 3.10. The van der Waals surface area contributed by atoms with E-state index in [1.807, 2.05) is 50.2 Å². The van der Waals surface area contributed by atoms with Gasteiger partial charge in [-0.05, 0) is 71.7 Å². The number of rotatable bonds is 7. The van der Waals surface area contributed by atoms with Crippen molar-refractivity contribution in [1.82, 2.24) is 19.8 Å². The van der Waals surface area contributed by atoms with Crippen LogP contribution in [-0.2, 0) is 24.9 Å². The van der Waals surface area contributed by atoms with Crippen molar-refractivity contribution in [2.45, 2.75) is 33.8 Å². The van der Waals surface area contributed by atoms with Gasteiger partial charge in [-0.15, -0.1) is 0 Å². The molecule has 0 spiro atoms. The Balaban J connectivity index is 1.92. The molecule has 1 heterocycles. The number of benzene rings is 2. The molecule has 152 valence electrons. The average molecular weight is 395 g/mol. The molecule has 29 heavy (non-hydrogen) atoms. The molecular weight excluding hydrogens is 370 g/mol.